The van der Waals surface area contributed by atoms with Crippen molar-refractivity contribution in [1.29, 1.82) is 0 Å². The monoisotopic (exact) mass is 392 g/mol. The van der Waals surface area contributed by atoms with E-state index in [1.807, 2.05) is 35.9 Å². The van der Waals surface area contributed by atoms with Crippen LogP contribution in [-0.2, 0) is 12.8 Å². The molecule has 3 aromatic rings. The van der Waals surface area contributed by atoms with Crippen LogP contribution in [0.4, 0.5) is 11.5 Å². The van der Waals surface area contributed by atoms with E-state index < -0.39 is 0 Å². The molecule has 2 aromatic carbocycles. The standard InChI is InChI=1S/C22H24N4O3/c1-15-6-9-17(26(27)28)14-21(15)25-22-19(5-3-4-12-23-22)20(24-25)13-16-7-10-18(29-2)11-8-16/h6-11,14,23H,3-5,12-13H2,1-2H3. The van der Waals surface area contributed by atoms with Gasteiger partial charge in [0.2, 0.25) is 0 Å². The summed E-state index contributed by atoms with van der Waals surface area (Å²) in [4.78, 5) is 10.9. The van der Waals surface area contributed by atoms with Crippen molar-refractivity contribution in [3.05, 3.63) is 75.0 Å². The van der Waals surface area contributed by atoms with Gasteiger partial charge in [0.05, 0.1) is 23.4 Å². The summed E-state index contributed by atoms with van der Waals surface area (Å²) in [5, 5.41) is 19.7. The van der Waals surface area contributed by atoms with Gasteiger partial charge in [-0.15, -0.1) is 0 Å². The Morgan fingerprint density at radius 1 is 1.21 bits per heavy atom. The number of nitro benzene ring substituents is 1. The predicted octanol–water partition coefficient (Wildman–Crippen LogP) is 4.44. The summed E-state index contributed by atoms with van der Waals surface area (Å²) in [7, 11) is 1.66. The molecular weight excluding hydrogens is 368 g/mol. The topological polar surface area (TPSA) is 82.2 Å². The lowest BCUT2D eigenvalue weighted by Gasteiger charge is -2.11. The number of benzene rings is 2. The van der Waals surface area contributed by atoms with Crippen LogP contribution in [0.25, 0.3) is 5.69 Å². The van der Waals surface area contributed by atoms with Crippen LogP contribution < -0.4 is 10.1 Å². The fourth-order valence-electron chi connectivity index (χ4n) is 3.77. The van der Waals surface area contributed by atoms with Gasteiger partial charge in [-0.2, -0.15) is 5.10 Å². The minimum Gasteiger partial charge on any atom is -0.497 e. The highest BCUT2D eigenvalue weighted by Gasteiger charge is 2.22. The van der Waals surface area contributed by atoms with Crippen molar-refractivity contribution in [3.63, 3.8) is 0 Å². The van der Waals surface area contributed by atoms with Crippen LogP contribution in [0.1, 0.15) is 35.2 Å². The van der Waals surface area contributed by atoms with Gasteiger partial charge in [-0.25, -0.2) is 4.68 Å². The largest absolute Gasteiger partial charge is 0.497 e. The van der Waals surface area contributed by atoms with Crippen LogP contribution in [0.15, 0.2) is 42.5 Å². The highest BCUT2D eigenvalue weighted by molar-refractivity contribution is 5.58. The van der Waals surface area contributed by atoms with Crippen molar-refractivity contribution in [2.45, 2.75) is 32.6 Å². The zero-order valence-electron chi connectivity index (χ0n) is 16.6. The van der Waals surface area contributed by atoms with E-state index in [4.69, 9.17) is 9.84 Å². The van der Waals surface area contributed by atoms with E-state index in [0.29, 0.717) is 6.42 Å². The predicted molar refractivity (Wildman–Crippen MR) is 112 cm³/mol. The van der Waals surface area contributed by atoms with Crippen molar-refractivity contribution in [2.75, 3.05) is 19.0 Å². The lowest BCUT2D eigenvalue weighted by atomic mass is 10.0. The first-order chi connectivity index (χ1) is 14.1. The number of nitro groups is 1. The summed E-state index contributed by atoms with van der Waals surface area (Å²) in [5.74, 6) is 1.78. The quantitative estimate of drug-likeness (QED) is 0.513. The van der Waals surface area contributed by atoms with Crippen molar-refractivity contribution < 1.29 is 9.66 Å². The van der Waals surface area contributed by atoms with Crippen LogP contribution in [-0.4, -0.2) is 28.4 Å². The minimum absolute atomic E-state index is 0.0696. The van der Waals surface area contributed by atoms with Gasteiger partial charge in [-0.1, -0.05) is 18.2 Å². The molecule has 0 saturated carbocycles. The van der Waals surface area contributed by atoms with Crippen molar-refractivity contribution in [1.82, 2.24) is 9.78 Å². The zero-order valence-corrected chi connectivity index (χ0v) is 16.6. The molecule has 2 heterocycles. The van der Waals surface area contributed by atoms with Crippen LogP contribution in [0.5, 0.6) is 5.75 Å². The zero-order chi connectivity index (χ0) is 20.4. The Morgan fingerprint density at radius 2 is 2.00 bits per heavy atom. The Hall–Kier alpha value is -3.35. The van der Waals surface area contributed by atoms with Crippen LogP contribution in [0, 0.1) is 17.0 Å². The van der Waals surface area contributed by atoms with Crippen molar-refractivity contribution in [3.8, 4) is 11.4 Å². The Bertz CT molecular complexity index is 1040. The highest BCUT2D eigenvalue weighted by Crippen LogP contribution is 2.32. The molecule has 0 bridgehead atoms. The molecule has 0 atom stereocenters. The fourth-order valence-corrected chi connectivity index (χ4v) is 3.77. The molecule has 0 aliphatic carbocycles. The molecule has 0 unspecified atom stereocenters. The lowest BCUT2D eigenvalue weighted by Crippen LogP contribution is -2.08. The van der Waals surface area contributed by atoms with E-state index in [1.165, 1.54) is 11.6 Å². The highest BCUT2D eigenvalue weighted by atomic mass is 16.6. The van der Waals surface area contributed by atoms with E-state index in [0.717, 1.165) is 59.9 Å². The van der Waals surface area contributed by atoms with Gasteiger partial charge >= 0.3 is 0 Å². The second kappa shape index (κ2) is 7.95. The Morgan fingerprint density at radius 3 is 2.72 bits per heavy atom. The first kappa shape index (κ1) is 19.0. The number of nitrogens with zero attached hydrogens (tertiary/aromatic N) is 3. The van der Waals surface area contributed by atoms with Crippen LogP contribution in [0.2, 0.25) is 0 Å². The van der Waals surface area contributed by atoms with E-state index in [2.05, 4.69) is 5.32 Å². The second-order valence-electron chi connectivity index (χ2n) is 7.32. The molecule has 1 aliphatic heterocycles. The van der Waals surface area contributed by atoms with Crippen LogP contribution in [0.3, 0.4) is 0 Å². The first-order valence-corrected chi connectivity index (χ1v) is 9.80. The minimum atomic E-state index is -0.364. The van der Waals surface area contributed by atoms with Gasteiger partial charge in [-0.05, 0) is 49.4 Å². The maximum absolute atomic E-state index is 11.3. The maximum atomic E-state index is 11.3. The number of aryl methyl sites for hydroxylation is 1. The molecule has 1 aliphatic rings. The summed E-state index contributed by atoms with van der Waals surface area (Å²) < 4.78 is 7.10. The summed E-state index contributed by atoms with van der Waals surface area (Å²) in [6.07, 6.45) is 3.83. The summed E-state index contributed by atoms with van der Waals surface area (Å²) in [6.45, 7) is 2.82. The van der Waals surface area contributed by atoms with E-state index >= 15 is 0 Å². The van der Waals surface area contributed by atoms with Gasteiger partial charge in [0.1, 0.15) is 11.6 Å². The summed E-state index contributed by atoms with van der Waals surface area (Å²) in [6, 6.07) is 12.9. The molecule has 29 heavy (non-hydrogen) atoms. The lowest BCUT2D eigenvalue weighted by molar-refractivity contribution is -0.384. The van der Waals surface area contributed by atoms with E-state index in [9.17, 15) is 10.1 Å². The first-order valence-electron chi connectivity index (χ1n) is 9.80. The molecule has 150 valence electrons. The number of non-ortho nitro benzene ring substituents is 1. The Balaban J connectivity index is 1.79. The maximum Gasteiger partial charge on any atom is 0.271 e. The molecule has 0 spiro atoms. The SMILES string of the molecule is COc1ccc(Cc2nn(-c3cc([N+](=O)[O-])ccc3C)c3c2CCCCN3)cc1. The van der Waals surface area contributed by atoms with E-state index in [-0.39, 0.29) is 10.6 Å². The third kappa shape index (κ3) is 3.81. The Kier molecular flexibility index (Phi) is 5.20. The molecule has 1 aromatic heterocycles. The van der Waals surface area contributed by atoms with Gasteiger partial charge in [0.15, 0.2) is 0 Å². The second-order valence-corrected chi connectivity index (χ2v) is 7.32. The third-order valence-electron chi connectivity index (χ3n) is 5.38. The number of rotatable bonds is 5. The van der Waals surface area contributed by atoms with E-state index in [1.54, 1.807) is 19.2 Å². The Labute approximate surface area is 169 Å². The molecule has 0 amide bonds. The van der Waals surface area contributed by atoms with Gasteiger partial charge < -0.3 is 10.1 Å². The van der Waals surface area contributed by atoms with Gasteiger partial charge in [0, 0.05) is 30.7 Å². The fraction of sp³-hybridized carbons (Fsp3) is 0.318. The molecule has 4 rings (SSSR count). The third-order valence-corrected chi connectivity index (χ3v) is 5.38. The smallest absolute Gasteiger partial charge is 0.271 e. The molecule has 0 radical (unpaired) electrons. The number of anilines is 1. The number of methoxy groups -OCH3 is 1. The average Bonchev–Trinajstić information content (AvgIpc) is 2.90. The number of ether oxygens (including phenoxy) is 1. The van der Waals surface area contributed by atoms with Crippen molar-refractivity contribution >= 4 is 11.5 Å². The molecule has 1 N–H and O–H groups in total. The number of hydrogen-bond donors (Lipinski definition) is 1. The molecule has 0 saturated heterocycles. The van der Waals surface area contributed by atoms with Crippen molar-refractivity contribution in [2.24, 2.45) is 0 Å². The molecular formula is C22H24N4O3. The number of hydrogen-bond acceptors (Lipinski definition) is 5. The normalized spacial score (nSPS) is 13.3. The van der Waals surface area contributed by atoms with Gasteiger partial charge in [0.25, 0.3) is 5.69 Å². The summed E-state index contributed by atoms with van der Waals surface area (Å²) in [5.41, 5.74) is 5.11. The summed E-state index contributed by atoms with van der Waals surface area (Å²) >= 11 is 0. The number of aromatic nitrogens is 2. The van der Waals surface area contributed by atoms with Crippen LogP contribution >= 0.6 is 0 Å². The number of fused-ring (bicyclic) bond motifs is 1. The number of nitrogens with one attached hydrogen (secondary N) is 1. The molecule has 0 fully saturated rings. The molecule has 7 heteroatoms. The molecule has 7 nitrogen and oxygen atoms in total. The average molecular weight is 392 g/mol. The van der Waals surface area contributed by atoms with Gasteiger partial charge in [-0.3, -0.25) is 10.1 Å².